The standard InChI is InChI=1S/C16H12BrPS/c17-15-11-12-16(19-15)18(13-7-3-1-4-8-13)14-9-5-2-6-10-14/h1-12H. The third-order valence-electron chi connectivity index (χ3n) is 2.81. The van der Waals surface area contributed by atoms with Crippen molar-refractivity contribution >= 4 is 50.4 Å². The predicted octanol–water partition coefficient (Wildman–Crippen LogP) is 4.27. The fraction of sp³-hybridized carbons (Fsp3) is 0. The van der Waals surface area contributed by atoms with Crippen LogP contribution >= 0.6 is 35.2 Å². The first-order chi connectivity index (χ1) is 9.34. The van der Waals surface area contributed by atoms with E-state index in [-0.39, 0.29) is 0 Å². The van der Waals surface area contributed by atoms with Crippen LogP contribution in [0.1, 0.15) is 0 Å². The van der Waals surface area contributed by atoms with Gasteiger partial charge in [-0.25, -0.2) is 0 Å². The van der Waals surface area contributed by atoms with E-state index < -0.39 is 7.92 Å². The molecule has 19 heavy (non-hydrogen) atoms. The molecule has 0 amide bonds. The van der Waals surface area contributed by atoms with E-state index >= 15 is 0 Å². The summed E-state index contributed by atoms with van der Waals surface area (Å²) in [7, 11) is -0.437. The summed E-state index contributed by atoms with van der Waals surface area (Å²) in [5.74, 6) is 0. The smallest absolute Gasteiger partial charge is 0.0705 e. The molecular formula is C16H12BrPS. The van der Waals surface area contributed by atoms with Crippen molar-refractivity contribution in [3.8, 4) is 0 Å². The minimum atomic E-state index is -0.437. The largest absolute Gasteiger partial charge is 0.128 e. The molecule has 0 atom stereocenters. The number of rotatable bonds is 3. The van der Waals surface area contributed by atoms with Gasteiger partial charge in [-0.2, -0.15) is 0 Å². The van der Waals surface area contributed by atoms with Crippen molar-refractivity contribution in [2.45, 2.75) is 0 Å². The maximum atomic E-state index is 3.57. The third kappa shape index (κ3) is 2.97. The van der Waals surface area contributed by atoms with Gasteiger partial charge in [0, 0.05) is 4.62 Å². The lowest BCUT2D eigenvalue weighted by atomic mass is 10.4. The lowest BCUT2D eigenvalue weighted by Gasteiger charge is -2.16. The van der Waals surface area contributed by atoms with Crippen LogP contribution in [-0.4, -0.2) is 0 Å². The second-order valence-corrected chi connectivity index (χ2v) is 9.04. The number of hydrogen-bond donors (Lipinski definition) is 0. The second-order valence-electron chi connectivity index (χ2n) is 4.08. The van der Waals surface area contributed by atoms with Crippen molar-refractivity contribution in [3.63, 3.8) is 0 Å². The molecule has 94 valence electrons. The maximum absolute atomic E-state index is 3.57. The van der Waals surface area contributed by atoms with E-state index in [2.05, 4.69) is 88.7 Å². The average molecular weight is 347 g/mol. The minimum absolute atomic E-state index is 0.437. The minimum Gasteiger partial charge on any atom is -0.128 e. The molecule has 0 aliphatic heterocycles. The quantitative estimate of drug-likeness (QED) is 0.621. The molecule has 0 fully saturated rings. The Bertz CT molecular complexity index is 609. The molecule has 3 rings (SSSR count). The highest BCUT2D eigenvalue weighted by Gasteiger charge is 2.17. The van der Waals surface area contributed by atoms with Gasteiger partial charge in [-0.15, -0.1) is 11.3 Å². The van der Waals surface area contributed by atoms with Crippen LogP contribution in [0.5, 0.6) is 0 Å². The molecule has 3 aromatic rings. The molecular weight excluding hydrogens is 335 g/mol. The topological polar surface area (TPSA) is 0 Å². The monoisotopic (exact) mass is 346 g/mol. The van der Waals surface area contributed by atoms with Crippen LogP contribution in [0.4, 0.5) is 0 Å². The van der Waals surface area contributed by atoms with Gasteiger partial charge in [0.05, 0.1) is 3.79 Å². The highest BCUT2D eigenvalue weighted by molar-refractivity contribution is 9.11. The van der Waals surface area contributed by atoms with Crippen molar-refractivity contribution in [1.29, 1.82) is 0 Å². The van der Waals surface area contributed by atoms with Gasteiger partial charge >= 0.3 is 0 Å². The Kier molecular flexibility index (Phi) is 4.12. The van der Waals surface area contributed by atoms with E-state index in [4.69, 9.17) is 0 Å². The Morgan fingerprint density at radius 1 is 0.684 bits per heavy atom. The highest BCUT2D eigenvalue weighted by Crippen LogP contribution is 2.36. The van der Waals surface area contributed by atoms with Crippen LogP contribution in [0.15, 0.2) is 76.6 Å². The summed E-state index contributed by atoms with van der Waals surface area (Å²) in [5, 5.41) is 2.80. The summed E-state index contributed by atoms with van der Waals surface area (Å²) in [6.45, 7) is 0. The van der Waals surface area contributed by atoms with Crippen molar-refractivity contribution in [2.24, 2.45) is 0 Å². The summed E-state index contributed by atoms with van der Waals surface area (Å²) in [6.07, 6.45) is 0. The van der Waals surface area contributed by atoms with Gasteiger partial charge in [0.2, 0.25) is 0 Å². The van der Waals surface area contributed by atoms with Crippen LogP contribution in [0.3, 0.4) is 0 Å². The fourth-order valence-electron chi connectivity index (χ4n) is 1.98. The molecule has 3 heteroatoms. The Morgan fingerprint density at radius 3 is 1.63 bits per heavy atom. The summed E-state index contributed by atoms with van der Waals surface area (Å²) < 4.78 is 2.63. The van der Waals surface area contributed by atoms with Gasteiger partial charge in [0.25, 0.3) is 0 Å². The van der Waals surface area contributed by atoms with Crippen molar-refractivity contribution in [3.05, 3.63) is 76.6 Å². The molecule has 2 aromatic carbocycles. The van der Waals surface area contributed by atoms with E-state index in [0.29, 0.717) is 0 Å². The Morgan fingerprint density at radius 2 is 1.21 bits per heavy atom. The summed E-state index contributed by atoms with van der Waals surface area (Å²) in [4.78, 5) is 0. The van der Waals surface area contributed by atoms with Crippen LogP contribution in [-0.2, 0) is 0 Å². The van der Waals surface area contributed by atoms with Gasteiger partial charge < -0.3 is 0 Å². The first-order valence-electron chi connectivity index (χ1n) is 6.00. The average Bonchev–Trinajstić information content (AvgIpc) is 2.88. The summed E-state index contributed by atoms with van der Waals surface area (Å²) in [5.41, 5.74) is 0. The Balaban J connectivity index is 2.11. The molecule has 0 saturated carbocycles. The van der Waals surface area contributed by atoms with E-state index in [1.807, 2.05) is 11.3 Å². The fourth-order valence-corrected chi connectivity index (χ4v) is 6.75. The van der Waals surface area contributed by atoms with Crippen LogP contribution in [0.25, 0.3) is 0 Å². The molecule has 0 nitrogen and oxygen atoms in total. The number of thiophene rings is 1. The first-order valence-corrected chi connectivity index (χ1v) is 8.95. The molecule has 1 aromatic heterocycles. The van der Waals surface area contributed by atoms with E-state index in [9.17, 15) is 0 Å². The molecule has 0 bridgehead atoms. The summed E-state index contributed by atoms with van der Waals surface area (Å²) in [6, 6.07) is 25.9. The maximum Gasteiger partial charge on any atom is 0.0705 e. The zero-order valence-corrected chi connectivity index (χ0v) is 13.5. The van der Waals surface area contributed by atoms with Crippen molar-refractivity contribution in [2.75, 3.05) is 0 Å². The van der Waals surface area contributed by atoms with Gasteiger partial charge in [-0.05, 0) is 46.6 Å². The predicted molar refractivity (Wildman–Crippen MR) is 90.7 cm³/mol. The summed E-state index contributed by atoms with van der Waals surface area (Å²) >= 11 is 5.41. The van der Waals surface area contributed by atoms with Crippen molar-refractivity contribution < 1.29 is 0 Å². The zero-order chi connectivity index (χ0) is 13.1. The van der Waals surface area contributed by atoms with Gasteiger partial charge in [0.15, 0.2) is 0 Å². The molecule has 0 aliphatic rings. The molecule has 0 aliphatic carbocycles. The van der Waals surface area contributed by atoms with Gasteiger partial charge in [-0.1, -0.05) is 60.7 Å². The van der Waals surface area contributed by atoms with E-state index in [1.165, 1.54) is 19.0 Å². The molecule has 0 unspecified atom stereocenters. The lowest BCUT2D eigenvalue weighted by molar-refractivity contribution is 1.75. The highest BCUT2D eigenvalue weighted by atomic mass is 79.9. The van der Waals surface area contributed by atoms with Gasteiger partial charge in [-0.3, -0.25) is 0 Å². The molecule has 1 heterocycles. The van der Waals surface area contributed by atoms with Crippen LogP contribution in [0.2, 0.25) is 0 Å². The van der Waals surface area contributed by atoms with Crippen molar-refractivity contribution in [1.82, 2.24) is 0 Å². The van der Waals surface area contributed by atoms with E-state index in [0.717, 1.165) is 0 Å². The normalized spacial score (nSPS) is 10.8. The molecule has 0 saturated heterocycles. The van der Waals surface area contributed by atoms with Gasteiger partial charge in [0.1, 0.15) is 0 Å². The van der Waals surface area contributed by atoms with E-state index in [1.54, 1.807) is 0 Å². The Labute approximate surface area is 127 Å². The SMILES string of the molecule is Brc1ccc(P(c2ccccc2)c2ccccc2)s1. The zero-order valence-electron chi connectivity index (χ0n) is 10.2. The van der Waals surface area contributed by atoms with Crippen LogP contribution < -0.4 is 15.2 Å². The molecule has 0 radical (unpaired) electrons. The third-order valence-corrected chi connectivity index (χ3v) is 7.27. The second kappa shape index (κ2) is 6.00. The number of hydrogen-bond acceptors (Lipinski definition) is 1. The number of halogens is 1. The van der Waals surface area contributed by atoms with Crippen LogP contribution in [0, 0.1) is 0 Å². The Hall–Kier alpha value is -0.950. The molecule has 0 spiro atoms. The lowest BCUT2D eigenvalue weighted by Crippen LogP contribution is -2.18. The molecule has 0 N–H and O–H groups in total. The number of benzene rings is 2. The first kappa shape index (κ1) is 13.1.